The average Bonchev–Trinajstić information content (AvgIpc) is 3.26. The molecule has 2 rings (SSSR count). The third kappa shape index (κ3) is 4.48. The fourth-order valence-electron chi connectivity index (χ4n) is 2.74. The minimum Gasteiger partial charge on any atom is -0.373 e. The third-order valence-electron chi connectivity index (χ3n) is 4.27. The molecule has 0 radical (unpaired) electrons. The van der Waals surface area contributed by atoms with Crippen LogP contribution in [0.2, 0.25) is 0 Å². The van der Waals surface area contributed by atoms with E-state index < -0.39 is 0 Å². The maximum Gasteiger partial charge on any atom is 0.157 e. The highest BCUT2D eigenvalue weighted by atomic mass is 16.5. The maximum atomic E-state index is 5.45. The van der Waals surface area contributed by atoms with Gasteiger partial charge in [0.05, 0.1) is 0 Å². The van der Waals surface area contributed by atoms with E-state index in [0.29, 0.717) is 5.92 Å². The van der Waals surface area contributed by atoms with Gasteiger partial charge in [-0.05, 0) is 57.6 Å². The van der Waals surface area contributed by atoms with Gasteiger partial charge in [-0.15, -0.1) is 0 Å². The first-order valence-electron chi connectivity index (χ1n) is 8.15. The minimum atomic E-state index is 0.00501. The van der Waals surface area contributed by atoms with Crippen LogP contribution in [0.5, 0.6) is 0 Å². The van der Waals surface area contributed by atoms with E-state index in [-0.39, 0.29) is 6.10 Å². The molecule has 1 fully saturated rings. The number of hydrogen-bond acceptors (Lipinski definition) is 4. The van der Waals surface area contributed by atoms with E-state index in [1.54, 1.807) is 7.11 Å². The van der Waals surface area contributed by atoms with Crippen molar-refractivity contribution in [1.29, 1.82) is 0 Å². The van der Waals surface area contributed by atoms with Crippen LogP contribution in [0.25, 0.3) is 0 Å². The number of nitrogens with one attached hydrogen (secondary N) is 1. The molecule has 4 nitrogen and oxygen atoms in total. The summed E-state index contributed by atoms with van der Waals surface area (Å²) in [5.41, 5.74) is 3.51. The second-order valence-electron chi connectivity index (χ2n) is 6.36. The molecule has 0 amide bonds. The number of hydrogen-bond donors (Lipinski definition) is 1. The monoisotopic (exact) mass is 291 g/mol. The van der Waals surface area contributed by atoms with Gasteiger partial charge in [0, 0.05) is 24.5 Å². The third-order valence-corrected chi connectivity index (χ3v) is 4.27. The summed E-state index contributed by atoms with van der Waals surface area (Å²) < 4.78 is 5.45. The standard InChI is InChI=1S/C17H29N3O/c1-6-16(21-5)17-19-12(3)15(13(4)20-17)9-11(2)10-18-14-7-8-14/h11,14,16,18H,6-10H2,1-5H3. The zero-order valence-electron chi connectivity index (χ0n) is 14.1. The summed E-state index contributed by atoms with van der Waals surface area (Å²) in [6.07, 6.45) is 4.64. The molecule has 1 aromatic rings. The van der Waals surface area contributed by atoms with Crippen LogP contribution in [-0.2, 0) is 11.2 Å². The van der Waals surface area contributed by atoms with E-state index in [1.807, 2.05) is 0 Å². The van der Waals surface area contributed by atoms with Crippen molar-refractivity contribution < 1.29 is 4.74 Å². The second-order valence-corrected chi connectivity index (χ2v) is 6.36. The van der Waals surface area contributed by atoms with E-state index in [4.69, 9.17) is 4.74 Å². The quantitative estimate of drug-likeness (QED) is 0.799. The molecule has 21 heavy (non-hydrogen) atoms. The molecule has 0 aromatic carbocycles. The van der Waals surface area contributed by atoms with Crippen LogP contribution in [0, 0.1) is 19.8 Å². The summed E-state index contributed by atoms with van der Waals surface area (Å²) in [7, 11) is 1.72. The van der Waals surface area contributed by atoms with Gasteiger partial charge in [-0.1, -0.05) is 13.8 Å². The van der Waals surface area contributed by atoms with E-state index in [1.165, 1.54) is 18.4 Å². The lowest BCUT2D eigenvalue weighted by molar-refractivity contribution is 0.0922. The molecule has 1 aliphatic carbocycles. The Balaban J connectivity index is 2.04. The molecular formula is C17H29N3O. The molecule has 2 unspecified atom stereocenters. The summed E-state index contributed by atoms with van der Waals surface area (Å²) in [5.74, 6) is 1.43. The van der Waals surface area contributed by atoms with Crippen LogP contribution in [0.4, 0.5) is 0 Å². The van der Waals surface area contributed by atoms with Gasteiger partial charge in [-0.2, -0.15) is 0 Å². The SMILES string of the molecule is CCC(OC)c1nc(C)c(CC(C)CNC2CC2)c(C)n1. The van der Waals surface area contributed by atoms with Crippen molar-refractivity contribution in [3.8, 4) is 0 Å². The van der Waals surface area contributed by atoms with Crippen molar-refractivity contribution in [3.05, 3.63) is 22.8 Å². The van der Waals surface area contributed by atoms with Gasteiger partial charge in [0.25, 0.3) is 0 Å². The number of nitrogens with zero attached hydrogens (tertiary/aromatic N) is 2. The normalized spacial score (nSPS) is 17.8. The lowest BCUT2D eigenvalue weighted by atomic mass is 9.98. The Morgan fingerprint density at radius 3 is 2.33 bits per heavy atom. The Morgan fingerprint density at radius 1 is 1.24 bits per heavy atom. The van der Waals surface area contributed by atoms with Gasteiger partial charge < -0.3 is 10.1 Å². The Hall–Kier alpha value is -1.00. The molecule has 2 atom stereocenters. The first kappa shape index (κ1) is 16.4. The Bertz CT molecular complexity index is 444. The molecule has 0 aliphatic heterocycles. The van der Waals surface area contributed by atoms with E-state index in [9.17, 15) is 0 Å². The first-order chi connectivity index (χ1) is 10.0. The van der Waals surface area contributed by atoms with Crippen molar-refractivity contribution in [2.24, 2.45) is 5.92 Å². The van der Waals surface area contributed by atoms with Crippen LogP contribution in [0.15, 0.2) is 0 Å². The summed E-state index contributed by atoms with van der Waals surface area (Å²) >= 11 is 0. The van der Waals surface area contributed by atoms with Crippen LogP contribution >= 0.6 is 0 Å². The summed E-state index contributed by atoms with van der Waals surface area (Å²) in [5, 5.41) is 3.60. The zero-order chi connectivity index (χ0) is 15.4. The molecule has 1 N–H and O–H groups in total. The van der Waals surface area contributed by atoms with Crippen molar-refractivity contribution in [1.82, 2.24) is 15.3 Å². The Morgan fingerprint density at radius 2 is 1.86 bits per heavy atom. The van der Waals surface area contributed by atoms with Crippen molar-refractivity contribution in [2.45, 2.75) is 65.5 Å². The summed E-state index contributed by atoms with van der Waals surface area (Å²) in [6.45, 7) is 9.67. The number of aryl methyl sites for hydroxylation is 2. The van der Waals surface area contributed by atoms with E-state index in [2.05, 4.69) is 43.0 Å². The fraction of sp³-hybridized carbons (Fsp3) is 0.765. The predicted octanol–water partition coefficient (Wildman–Crippen LogP) is 3.12. The highest BCUT2D eigenvalue weighted by Crippen LogP contribution is 2.22. The summed E-state index contributed by atoms with van der Waals surface area (Å²) in [4.78, 5) is 9.36. The number of methoxy groups -OCH3 is 1. The van der Waals surface area contributed by atoms with Crippen LogP contribution in [0.1, 0.15) is 62.0 Å². The molecule has 0 bridgehead atoms. The molecule has 0 spiro atoms. The molecule has 1 aliphatic rings. The molecule has 1 aromatic heterocycles. The number of ether oxygens (including phenoxy) is 1. The Labute approximate surface area is 128 Å². The first-order valence-corrected chi connectivity index (χ1v) is 8.15. The molecule has 118 valence electrons. The highest BCUT2D eigenvalue weighted by molar-refractivity contribution is 5.25. The smallest absolute Gasteiger partial charge is 0.157 e. The minimum absolute atomic E-state index is 0.00501. The van der Waals surface area contributed by atoms with Gasteiger partial charge in [-0.25, -0.2) is 9.97 Å². The zero-order valence-corrected chi connectivity index (χ0v) is 14.1. The van der Waals surface area contributed by atoms with Crippen molar-refractivity contribution in [3.63, 3.8) is 0 Å². The predicted molar refractivity (Wildman–Crippen MR) is 85.4 cm³/mol. The molecular weight excluding hydrogens is 262 g/mol. The average molecular weight is 291 g/mol. The van der Waals surface area contributed by atoms with Gasteiger partial charge >= 0.3 is 0 Å². The van der Waals surface area contributed by atoms with Crippen LogP contribution < -0.4 is 5.32 Å². The second kappa shape index (κ2) is 7.32. The van der Waals surface area contributed by atoms with Gasteiger partial charge in [-0.3, -0.25) is 0 Å². The van der Waals surface area contributed by atoms with Crippen LogP contribution in [-0.4, -0.2) is 29.7 Å². The van der Waals surface area contributed by atoms with E-state index >= 15 is 0 Å². The maximum absolute atomic E-state index is 5.45. The topological polar surface area (TPSA) is 47.0 Å². The number of aromatic nitrogens is 2. The largest absolute Gasteiger partial charge is 0.373 e. The van der Waals surface area contributed by atoms with Crippen molar-refractivity contribution in [2.75, 3.05) is 13.7 Å². The van der Waals surface area contributed by atoms with Crippen molar-refractivity contribution >= 4 is 0 Å². The van der Waals surface area contributed by atoms with Crippen LogP contribution in [0.3, 0.4) is 0 Å². The summed E-state index contributed by atoms with van der Waals surface area (Å²) in [6, 6.07) is 0.778. The molecule has 4 heteroatoms. The fourth-order valence-corrected chi connectivity index (χ4v) is 2.74. The molecule has 1 saturated carbocycles. The lowest BCUT2D eigenvalue weighted by Crippen LogP contribution is -2.25. The lowest BCUT2D eigenvalue weighted by Gasteiger charge is -2.18. The molecule has 0 saturated heterocycles. The van der Waals surface area contributed by atoms with Gasteiger partial charge in [0.15, 0.2) is 5.82 Å². The van der Waals surface area contributed by atoms with Gasteiger partial charge in [0.2, 0.25) is 0 Å². The number of rotatable bonds is 8. The van der Waals surface area contributed by atoms with Gasteiger partial charge in [0.1, 0.15) is 6.10 Å². The highest BCUT2D eigenvalue weighted by Gasteiger charge is 2.22. The Kier molecular flexibility index (Phi) is 5.71. The molecule has 1 heterocycles. The van der Waals surface area contributed by atoms with E-state index in [0.717, 1.165) is 42.6 Å².